The maximum Gasteiger partial charge on any atom is 0.413 e. The highest BCUT2D eigenvalue weighted by atomic mass is 19.2. The molecule has 0 aliphatic carbocycles. The van der Waals surface area contributed by atoms with Crippen LogP contribution >= 0.6 is 0 Å². The second kappa shape index (κ2) is 6.95. The predicted octanol–water partition coefficient (Wildman–Crippen LogP) is 1.89. The molecule has 0 aromatic heterocycles. The molecule has 1 aromatic carbocycles. The van der Waals surface area contributed by atoms with Gasteiger partial charge in [-0.3, -0.25) is 15.4 Å². The number of amides is 2. The van der Waals surface area contributed by atoms with E-state index in [1.54, 1.807) is 6.92 Å². The van der Waals surface area contributed by atoms with Crippen LogP contribution in [0.15, 0.2) is 18.2 Å². The third-order valence-corrected chi connectivity index (χ3v) is 2.75. The fourth-order valence-corrected chi connectivity index (χ4v) is 1.59. The van der Waals surface area contributed by atoms with Crippen molar-refractivity contribution in [3.63, 3.8) is 0 Å². The van der Waals surface area contributed by atoms with Gasteiger partial charge in [0.25, 0.3) is 0 Å². The highest BCUT2D eigenvalue weighted by Gasteiger charge is 2.19. The lowest BCUT2D eigenvalue weighted by Gasteiger charge is -2.19. The van der Waals surface area contributed by atoms with Crippen LogP contribution in [0.1, 0.15) is 25.5 Å². The summed E-state index contributed by atoms with van der Waals surface area (Å²) in [6.07, 6.45) is -0.857. The van der Waals surface area contributed by atoms with Gasteiger partial charge in [0.1, 0.15) is 0 Å². The smallest absolute Gasteiger partial charge is 0.413 e. The van der Waals surface area contributed by atoms with Gasteiger partial charge in [-0.25, -0.2) is 13.6 Å². The van der Waals surface area contributed by atoms with Crippen molar-refractivity contribution in [2.45, 2.75) is 25.9 Å². The van der Waals surface area contributed by atoms with Crippen LogP contribution < -0.4 is 10.6 Å². The molecule has 0 saturated carbocycles. The fraction of sp³-hybridized carbons (Fsp3) is 0.385. The number of carbonyl (C=O) groups excluding carboxylic acids is 2. The molecule has 0 fully saturated rings. The first-order valence-electron chi connectivity index (χ1n) is 5.95. The van der Waals surface area contributed by atoms with E-state index in [1.165, 1.54) is 13.0 Å². The van der Waals surface area contributed by atoms with Crippen LogP contribution in [0, 0.1) is 11.6 Å². The van der Waals surface area contributed by atoms with Gasteiger partial charge < -0.3 is 4.74 Å². The molecule has 1 aromatic rings. The molecule has 2 amide bonds. The van der Waals surface area contributed by atoms with Crippen molar-refractivity contribution in [2.75, 3.05) is 7.11 Å². The highest BCUT2D eigenvalue weighted by molar-refractivity contribution is 5.94. The minimum atomic E-state index is -0.956. The van der Waals surface area contributed by atoms with E-state index in [-0.39, 0.29) is 0 Å². The van der Waals surface area contributed by atoms with Gasteiger partial charge in [0.15, 0.2) is 11.6 Å². The van der Waals surface area contributed by atoms with Crippen molar-refractivity contribution in [3.05, 3.63) is 35.4 Å². The van der Waals surface area contributed by atoms with Crippen LogP contribution in [-0.2, 0) is 9.53 Å². The third kappa shape index (κ3) is 4.27. The molecule has 0 unspecified atom stereocenters. The summed E-state index contributed by atoms with van der Waals surface area (Å²) in [6, 6.07) is 2.38. The number of halogens is 2. The summed E-state index contributed by atoms with van der Waals surface area (Å²) in [6.45, 7) is 3.23. The van der Waals surface area contributed by atoms with Crippen LogP contribution in [0.25, 0.3) is 0 Å². The molecule has 2 N–H and O–H groups in total. The zero-order valence-electron chi connectivity index (χ0n) is 11.4. The number of ether oxygens (including phenoxy) is 1. The first-order valence-corrected chi connectivity index (χ1v) is 5.95. The quantitative estimate of drug-likeness (QED) is 0.887. The number of hydrogen-bond donors (Lipinski definition) is 2. The zero-order valence-corrected chi connectivity index (χ0v) is 11.4. The van der Waals surface area contributed by atoms with E-state index in [9.17, 15) is 18.4 Å². The molecule has 110 valence electrons. The first-order chi connectivity index (χ1) is 9.35. The predicted molar refractivity (Wildman–Crippen MR) is 67.9 cm³/mol. The average molecular weight is 286 g/mol. The lowest BCUT2D eigenvalue weighted by atomic mass is 10.1. The summed E-state index contributed by atoms with van der Waals surface area (Å²) in [7, 11) is 1.14. The Hall–Kier alpha value is -2.02. The van der Waals surface area contributed by atoms with E-state index in [2.05, 4.69) is 10.1 Å². The van der Waals surface area contributed by atoms with Crippen molar-refractivity contribution in [2.24, 2.45) is 0 Å². The molecule has 5 nitrogen and oxygen atoms in total. The number of hydrogen-bond acceptors (Lipinski definition) is 4. The standard InChI is InChI=1S/C13H16F2N2O3/c1-7(9-4-5-10(14)11(15)6-9)16-8(2)12(18)17-13(19)20-3/h4-8,16H,1-3H3,(H,17,18,19)/t7-,8+/m1/s1. The van der Waals surface area contributed by atoms with Crippen molar-refractivity contribution >= 4 is 12.0 Å². The normalized spacial score (nSPS) is 13.4. The molecule has 0 aliphatic heterocycles. The molecule has 1 rings (SSSR count). The molecular formula is C13H16F2N2O3. The van der Waals surface area contributed by atoms with Crippen LogP contribution in [-0.4, -0.2) is 25.2 Å². The summed E-state index contributed by atoms with van der Waals surface area (Å²) >= 11 is 0. The molecule has 0 heterocycles. The van der Waals surface area contributed by atoms with E-state index in [0.29, 0.717) is 5.56 Å². The Bertz CT molecular complexity index is 508. The number of benzene rings is 1. The monoisotopic (exact) mass is 286 g/mol. The molecule has 0 aliphatic rings. The topological polar surface area (TPSA) is 67.4 Å². The Labute approximate surface area is 115 Å². The summed E-state index contributed by atoms with van der Waals surface area (Å²) in [5.41, 5.74) is 0.488. The van der Waals surface area contributed by atoms with Gasteiger partial charge in [0.05, 0.1) is 13.2 Å². The molecule has 0 spiro atoms. The van der Waals surface area contributed by atoms with Gasteiger partial charge in [-0.15, -0.1) is 0 Å². The van der Waals surface area contributed by atoms with Gasteiger partial charge in [-0.05, 0) is 31.5 Å². The number of carbonyl (C=O) groups is 2. The average Bonchev–Trinajstić information content (AvgIpc) is 2.41. The largest absolute Gasteiger partial charge is 0.453 e. The summed E-state index contributed by atoms with van der Waals surface area (Å²) < 4.78 is 30.2. The van der Waals surface area contributed by atoms with Gasteiger partial charge >= 0.3 is 6.09 Å². The Morgan fingerprint density at radius 3 is 2.40 bits per heavy atom. The van der Waals surface area contributed by atoms with Crippen molar-refractivity contribution in [1.29, 1.82) is 0 Å². The van der Waals surface area contributed by atoms with Crippen molar-refractivity contribution in [3.8, 4) is 0 Å². The second-order valence-corrected chi connectivity index (χ2v) is 4.26. The van der Waals surface area contributed by atoms with E-state index in [4.69, 9.17) is 0 Å². The summed E-state index contributed by atoms with van der Waals surface area (Å²) in [5.74, 6) is -2.47. The number of imide groups is 1. The van der Waals surface area contributed by atoms with Crippen LogP contribution in [0.3, 0.4) is 0 Å². The Balaban J connectivity index is 2.64. The lowest BCUT2D eigenvalue weighted by Crippen LogP contribution is -2.45. The van der Waals surface area contributed by atoms with Gasteiger partial charge in [-0.1, -0.05) is 6.07 Å². The molecule has 7 heteroatoms. The van der Waals surface area contributed by atoms with Gasteiger partial charge in [0.2, 0.25) is 5.91 Å². The minimum absolute atomic E-state index is 0.400. The third-order valence-electron chi connectivity index (χ3n) is 2.75. The summed E-state index contributed by atoms with van der Waals surface area (Å²) in [5, 5.41) is 4.87. The van der Waals surface area contributed by atoms with Crippen LogP contribution in [0.2, 0.25) is 0 Å². The molecule has 0 saturated heterocycles. The highest BCUT2D eigenvalue weighted by Crippen LogP contribution is 2.16. The summed E-state index contributed by atoms with van der Waals surface area (Å²) in [4.78, 5) is 22.5. The number of alkyl carbamates (subject to hydrolysis) is 1. The Kier molecular flexibility index (Phi) is 5.57. The maximum atomic E-state index is 13.1. The van der Waals surface area contributed by atoms with Crippen LogP contribution in [0.5, 0.6) is 0 Å². The van der Waals surface area contributed by atoms with Crippen molar-refractivity contribution < 1.29 is 23.1 Å². The maximum absolute atomic E-state index is 13.1. The molecule has 2 atom stereocenters. The van der Waals surface area contributed by atoms with Gasteiger partial charge in [0, 0.05) is 6.04 Å². The number of nitrogens with one attached hydrogen (secondary N) is 2. The first kappa shape index (κ1) is 16.0. The molecule has 20 heavy (non-hydrogen) atoms. The molecule has 0 bridgehead atoms. The number of rotatable bonds is 4. The Morgan fingerprint density at radius 1 is 1.20 bits per heavy atom. The van der Waals surface area contributed by atoms with E-state index in [0.717, 1.165) is 19.2 Å². The fourth-order valence-electron chi connectivity index (χ4n) is 1.59. The van der Waals surface area contributed by atoms with E-state index < -0.39 is 35.7 Å². The van der Waals surface area contributed by atoms with Crippen LogP contribution in [0.4, 0.5) is 13.6 Å². The lowest BCUT2D eigenvalue weighted by molar-refractivity contribution is -0.122. The number of methoxy groups -OCH3 is 1. The van der Waals surface area contributed by atoms with E-state index >= 15 is 0 Å². The van der Waals surface area contributed by atoms with E-state index in [1.807, 2.05) is 5.32 Å². The second-order valence-electron chi connectivity index (χ2n) is 4.26. The zero-order chi connectivity index (χ0) is 15.3. The van der Waals surface area contributed by atoms with Gasteiger partial charge in [-0.2, -0.15) is 0 Å². The molecular weight excluding hydrogens is 270 g/mol. The minimum Gasteiger partial charge on any atom is -0.453 e. The molecule has 0 radical (unpaired) electrons. The SMILES string of the molecule is COC(=O)NC(=O)[C@H](C)N[C@H](C)c1ccc(F)c(F)c1. The van der Waals surface area contributed by atoms with Crippen molar-refractivity contribution in [1.82, 2.24) is 10.6 Å². The Morgan fingerprint density at radius 2 is 1.85 bits per heavy atom.